The molecule has 1 N–H and O–H groups in total. The van der Waals surface area contributed by atoms with E-state index in [0.717, 1.165) is 0 Å². The number of imidazole rings is 1. The lowest BCUT2D eigenvalue weighted by molar-refractivity contribution is -0.389. The van der Waals surface area contributed by atoms with Gasteiger partial charge in [0, 0.05) is 6.92 Å². The van der Waals surface area contributed by atoms with E-state index < -0.39 is 22.4 Å². The number of ether oxygens (including phenoxy) is 1. The zero-order valence-electron chi connectivity index (χ0n) is 12.4. The lowest BCUT2D eigenvalue weighted by Gasteiger charge is -2.19. The molecule has 9 nitrogen and oxygen atoms in total. The zero-order chi connectivity index (χ0) is 16.2. The number of aromatic nitrogens is 2. The normalized spacial score (nSPS) is 11.0. The fourth-order valence-electron chi connectivity index (χ4n) is 1.50. The Morgan fingerprint density at radius 3 is 2.57 bits per heavy atom. The van der Waals surface area contributed by atoms with Gasteiger partial charge in [-0.05, 0) is 30.7 Å². The molecule has 116 valence electrons. The van der Waals surface area contributed by atoms with Crippen molar-refractivity contribution in [3.63, 3.8) is 0 Å². The maximum Gasteiger partial charge on any atom is 0.381 e. The van der Waals surface area contributed by atoms with E-state index in [0.29, 0.717) is 5.82 Å². The van der Waals surface area contributed by atoms with Gasteiger partial charge in [-0.15, -0.1) is 0 Å². The van der Waals surface area contributed by atoms with Crippen LogP contribution in [0.5, 0.6) is 0 Å². The van der Waals surface area contributed by atoms with Crippen LogP contribution in [0.4, 0.5) is 5.82 Å². The Balaban J connectivity index is 2.51. The molecule has 0 bridgehead atoms. The van der Waals surface area contributed by atoms with Gasteiger partial charge in [-0.1, -0.05) is 0 Å². The van der Waals surface area contributed by atoms with Gasteiger partial charge in [0.25, 0.3) is 0 Å². The van der Waals surface area contributed by atoms with Crippen molar-refractivity contribution in [2.24, 2.45) is 0 Å². The van der Waals surface area contributed by atoms with E-state index in [4.69, 9.17) is 4.74 Å². The minimum absolute atomic E-state index is 0.157. The number of hydrogen-bond acceptors (Lipinski definition) is 6. The highest BCUT2D eigenvalue weighted by Crippen LogP contribution is 2.10. The van der Waals surface area contributed by atoms with Crippen molar-refractivity contribution in [3.05, 3.63) is 22.1 Å². The highest BCUT2D eigenvalue weighted by Gasteiger charge is 2.19. The van der Waals surface area contributed by atoms with Crippen LogP contribution in [0.1, 0.15) is 26.6 Å². The van der Waals surface area contributed by atoms with Gasteiger partial charge >= 0.3 is 11.8 Å². The molecule has 1 heterocycles. The summed E-state index contributed by atoms with van der Waals surface area (Å²) in [7, 11) is 0. The SMILES string of the molecule is Cc1nc([N+](=O)[O-])cn1CC(=O)NCC(=O)OC(C)(C)C. The largest absolute Gasteiger partial charge is 0.459 e. The molecule has 1 aromatic heterocycles. The Morgan fingerprint density at radius 2 is 2.10 bits per heavy atom. The molecule has 0 aliphatic heterocycles. The third kappa shape index (κ3) is 5.59. The second-order valence-electron chi connectivity index (χ2n) is 5.39. The Hall–Kier alpha value is -2.45. The Labute approximate surface area is 121 Å². The number of hydrogen-bond donors (Lipinski definition) is 1. The monoisotopic (exact) mass is 298 g/mol. The predicted molar refractivity (Wildman–Crippen MR) is 72.5 cm³/mol. The quantitative estimate of drug-likeness (QED) is 0.482. The number of aryl methyl sites for hydroxylation is 1. The summed E-state index contributed by atoms with van der Waals surface area (Å²) < 4.78 is 6.37. The molecule has 21 heavy (non-hydrogen) atoms. The Kier molecular flexibility index (Phi) is 5.01. The second-order valence-corrected chi connectivity index (χ2v) is 5.39. The van der Waals surface area contributed by atoms with Gasteiger partial charge < -0.3 is 20.2 Å². The fourth-order valence-corrected chi connectivity index (χ4v) is 1.50. The van der Waals surface area contributed by atoms with Crippen molar-refractivity contribution >= 4 is 17.7 Å². The topological polar surface area (TPSA) is 116 Å². The predicted octanol–water partition coefficient (Wildman–Crippen LogP) is 0.558. The van der Waals surface area contributed by atoms with Crippen LogP contribution in [0.15, 0.2) is 6.20 Å². The molecule has 1 rings (SSSR count). The molecule has 0 aromatic carbocycles. The first-order chi connectivity index (χ1) is 9.58. The summed E-state index contributed by atoms with van der Waals surface area (Å²) in [5.74, 6) is -0.998. The first kappa shape index (κ1) is 16.6. The number of nitrogens with zero attached hydrogens (tertiary/aromatic N) is 3. The van der Waals surface area contributed by atoms with Crippen LogP contribution in [0, 0.1) is 17.0 Å². The summed E-state index contributed by atoms with van der Waals surface area (Å²) in [6.07, 6.45) is 1.17. The van der Waals surface area contributed by atoms with E-state index in [9.17, 15) is 19.7 Å². The lowest BCUT2D eigenvalue weighted by atomic mass is 10.2. The molecular weight excluding hydrogens is 280 g/mol. The molecule has 0 radical (unpaired) electrons. The fraction of sp³-hybridized carbons (Fsp3) is 0.583. The number of amides is 1. The van der Waals surface area contributed by atoms with Crippen LogP contribution in [0.2, 0.25) is 0 Å². The summed E-state index contributed by atoms with van der Waals surface area (Å²) in [6.45, 7) is 6.30. The van der Waals surface area contributed by atoms with Crippen molar-refractivity contribution in [3.8, 4) is 0 Å². The van der Waals surface area contributed by atoms with Crippen molar-refractivity contribution in [2.75, 3.05) is 6.54 Å². The molecule has 9 heteroatoms. The van der Waals surface area contributed by atoms with Gasteiger partial charge in [-0.2, -0.15) is 0 Å². The minimum Gasteiger partial charge on any atom is -0.459 e. The number of nitro groups is 1. The Morgan fingerprint density at radius 1 is 1.48 bits per heavy atom. The van der Waals surface area contributed by atoms with Crippen LogP contribution in [-0.4, -0.2) is 38.5 Å². The number of nitrogens with one attached hydrogen (secondary N) is 1. The van der Waals surface area contributed by atoms with Crippen LogP contribution in [0.3, 0.4) is 0 Å². The van der Waals surface area contributed by atoms with Crippen LogP contribution >= 0.6 is 0 Å². The van der Waals surface area contributed by atoms with Crippen LogP contribution < -0.4 is 5.32 Å². The molecule has 1 amide bonds. The second kappa shape index (κ2) is 6.33. The molecule has 0 atom stereocenters. The van der Waals surface area contributed by atoms with Gasteiger partial charge in [0.15, 0.2) is 0 Å². The van der Waals surface area contributed by atoms with E-state index in [1.807, 2.05) is 0 Å². The number of carbonyl (C=O) groups excluding carboxylic acids is 2. The van der Waals surface area contributed by atoms with Gasteiger partial charge in [-0.25, -0.2) is 0 Å². The number of esters is 1. The van der Waals surface area contributed by atoms with E-state index >= 15 is 0 Å². The molecule has 0 spiro atoms. The smallest absolute Gasteiger partial charge is 0.381 e. The third-order valence-corrected chi connectivity index (χ3v) is 2.31. The van der Waals surface area contributed by atoms with E-state index in [-0.39, 0.29) is 18.9 Å². The summed E-state index contributed by atoms with van der Waals surface area (Å²) in [6, 6.07) is 0. The van der Waals surface area contributed by atoms with E-state index in [2.05, 4.69) is 10.3 Å². The first-order valence-electron chi connectivity index (χ1n) is 6.25. The van der Waals surface area contributed by atoms with Crippen LogP contribution in [0.25, 0.3) is 0 Å². The standard InChI is InChI=1S/C12H18N4O5/c1-8-14-9(16(19)20)6-15(8)7-10(17)13-5-11(18)21-12(2,3)4/h6H,5,7H2,1-4H3,(H,13,17). The molecule has 0 fully saturated rings. The maximum absolute atomic E-state index is 11.7. The Bertz CT molecular complexity index is 558. The summed E-state index contributed by atoms with van der Waals surface area (Å²) >= 11 is 0. The average molecular weight is 298 g/mol. The zero-order valence-corrected chi connectivity index (χ0v) is 12.4. The lowest BCUT2D eigenvalue weighted by Crippen LogP contribution is -2.36. The van der Waals surface area contributed by atoms with Gasteiger partial charge in [0.05, 0.1) is 0 Å². The van der Waals surface area contributed by atoms with Crippen molar-refractivity contribution in [1.29, 1.82) is 0 Å². The molecule has 0 unspecified atom stereocenters. The summed E-state index contributed by atoms with van der Waals surface area (Å²) in [4.78, 5) is 36.7. The molecule has 0 saturated heterocycles. The number of rotatable bonds is 5. The molecule has 1 aromatic rings. The third-order valence-electron chi connectivity index (χ3n) is 2.31. The highest BCUT2D eigenvalue weighted by molar-refractivity contribution is 5.81. The maximum atomic E-state index is 11.7. The first-order valence-corrected chi connectivity index (χ1v) is 6.25. The van der Waals surface area contributed by atoms with Crippen molar-refractivity contribution < 1.29 is 19.2 Å². The van der Waals surface area contributed by atoms with Gasteiger partial charge in [0.1, 0.15) is 24.9 Å². The van der Waals surface area contributed by atoms with E-state index in [1.54, 1.807) is 27.7 Å². The molecule has 0 aliphatic carbocycles. The van der Waals surface area contributed by atoms with Crippen LogP contribution in [-0.2, 0) is 20.9 Å². The van der Waals surface area contributed by atoms with Crippen molar-refractivity contribution in [2.45, 2.75) is 39.8 Å². The molecule has 0 saturated carbocycles. The molecular formula is C12H18N4O5. The highest BCUT2D eigenvalue weighted by atomic mass is 16.6. The minimum atomic E-state index is -0.637. The van der Waals surface area contributed by atoms with E-state index in [1.165, 1.54) is 10.8 Å². The summed E-state index contributed by atoms with van der Waals surface area (Å²) in [5.41, 5.74) is -0.622. The van der Waals surface area contributed by atoms with Crippen molar-refractivity contribution in [1.82, 2.24) is 14.9 Å². The number of carbonyl (C=O) groups is 2. The molecule has 0 aliphatic rings. The summed E-state index contributed by atoms with van der Waals surface area (Å²) in [5, 5.41) is 13.0. The average Bonchev–Trinajstić information content (AvgIpc) is 2.66. The van der Waals surface area contributed by atoms with Gasteiger partial charge in [-0.3, -0.25) is 14.2 Å². The van der Waals surface area contributed by atoms with Gasteiger partial charge in [0.2, 0.25) is 11.7 Å².